The number of alkyl halides is 1. The molecule has 0 aliphatic rings. The predicted molar refractivity (Wildman–Crippen MR) is 76.5 cm³/mol. The molecule has 3 nitrogen and oxygen atoms in total. The lowest BCUT2D eigenvalue weighted by Crippen LogP contribution is -2.14. The molecular formula is C13H19BrO3S. The van der Waals surface area contributed by atoms with E-state index in [1.807, 2.05) is 20.8 Å². The van der Waals surface area contributed by atoms with E-state index in [-0.39, 0.29) is 17.4 Å². The van der Waals surface area contributed by atoms with Gasteiger partial charge in [0.1, 0.15) is 0 Å². The maximum Gasteiger partial charge on any atom is 0.296 e. The van der Waals surface area contributed by atoms with Crippen LogP contribution in [0.15, 0.2) is 29.2 Å². The Hall–Kier alpha value is -0.390. The van der Waals surface area contributed by atoms with Gasteiger partial charge in [0, 0.05) is 4.83 Å². The molecule has 0 aliphatic heterocycles. The fourth-order valence-electron chi connectivity index (χ4n) is 1.60. The summed E-state index contributed by atoms with van der Waals surface area (Å²) < 4.78 is 28.9. The van der Waals surface area contributed by atoms with E-state index in [2.05, 4.69) is 15.9 Å². The Morgan fingerprint density at radius 3 is 2.28 bits per heavy atom. The first-order valence-electron chi connectivity index (χ1n) is 5.91. The highest BCUT2D eigenvalue weighted by Gasteiger charge is 2.17. The molecule has 0 spiro atoms. The fourth-order valence-corrected chi connectivity index (χ4v) is 3.26. The summed E-state index contributed by atoms with van der Waals surface area (Å²) in [6.07, 6.45) is 0.878. The van der Waals surface area contributed by atoms with Crippen LogP contribution in [0, 0.1) is 12.8 Å². The molecule has 0 aliphatic carbocycles. The van der Waals surface area contributed by atoms with Gasteiger partial charge in [-0.05, 0) is 31.4 Å². The van der Waals surface area contributed by atoms with Crippen molar-refractivity contribution in [2.45, 2.75) is 36.9 Å². The van der Waals surface area contributed by atoms with E-state index < -0.39 is 10.1 Å². The standard InChI is InChI=1S/C13H19BrO3S/c1-10-4-6-13(7-5-10)18(15,16)17-9-11(2)8-12(3)14/h4-7,11-12H,8-9H2,1-3H3. The minimum Gasteiger partial charge on any atom is -0.266 e. The third-order valence-electron chi connectivity index (χ3n) is 2.54. The van der Waals surface area contributed by atoms with Gasteiger partial charge in [0.25, 0.3) is 10.1 Å². The Morgan fingerprint density at radius 2 is 1.78 bits per heavy atom. The Balaban J connectivity index is 2.63. The van der Waals surface area contributed by atoms with Crippen LogP contribution in [0.2, 0.25) is 0 Å². The van der Waals surface area contributed by atoms with Crippen molar-refractivity contribution in [1.29, 1.82) is 0 Å². The van der Waals surface area contributed by atoms with Crippen LogP contribution >= 0.6 is 15.9 Å². The molecule has 0 amide bonds. The van der Waals surface area contributed by atoms with Gasteiger partial charge in [-0.25, -0.2) is 0 Å². The molecule has 0 bridgehead atoms. The molecule has 2 unspecified atom stereocenters. The molecule has 1 aromatic carbocycles. The monoisotopic (exact) mass is 334 g/mol. The van der Waals surface area contributed by atoms with Gasteiger partial charge in [0.05, 0.1) is 11.5 Å². The first-order chi connectivity index (χ1) is 8.31. The average molecular weight is 335 g/mol. The lowest BCUT2D eigenvalue weighted by atomic mass is 10.1. The molecule has 0 saturated heterocycles. The average Bonchev–Trinajstić information content (AvgIpc) is 2.26. The van der Waals surface area contributed by atoms with Crippen LogP contribution in [0.1, 0.15) is 25.8 Å². The van der Waals surface area contributed by atoms with Crippen molar-refractivity contribution in [3.05, 3.63) is 29.8 Å². The molecule has 102 valence electrons. The zero-order valence-corrected chi connectivity index (χ0v) is 13.3. The van der Waals surface area contributed by atoms with Crippen LogP contribution in [-0.2, 0) is 14.3 Å². The SMILES string of the molecule is Cc1ccc(S(=O)(=O)OCC(C)CC(C)Br)cc1. The van der Waals surface area contributed by atoms with Crippen LogP contribution < -0.4 is 0 Å². The number of rotatable bonds is 6. The third-order valence-corrected chi connectivity index (χ3v) is 4.21. The molecule has 0 heterocycles. The molecule has 5 heteroatoms. The Morgan fingerprint density at radius 1 is 1.22 bits per heavy atom. The number of aryl methyl sites for hydroxylation is 1. The minimum atomic E-state index is -3.62. The van der Waals surface area contributed by atoms with E-state index in [0.29, 0.717) is 4.83 Å². The van der Waals surface area contributed by atoms with Gasteiger partial charge in [-0.15, -0.1) is 0 Å². The van der Waals surface area contributed by atoms with Gasteiger partial charge in [-0.2, -0.15) is 8.42 Å². The van der Waals surface area contributed by atoms with Crippen LogP contribution in [0.25, 0.3) is 0 Å². The number of benzene rings is 1. The molecule has 0 aromatic heterocycles. The lowest BCUT2D eigenvalue weighted by molar-refractivity contribution is 0.258. The molecule has 0 fully saturated rings. The van der Waals surface area contributed by atoms with E-state index in [9.17, 15) is 8.42 Å². The zero-order chi connectivity index (χ0) is 13.8. The van der Waals surface area contributed by atoms with Crippen molar-refractivity contribution in [3.8, 4) is 0 Å². The van der Waals surface area contributed by atoms with Crippen molar-refractivity contribution in [2.24, 2.45) is 5.92 Å². The molecule has 2 atom stereocenters. The van der Waals surface area contributed by atoms with Gasteiger partial charge in [-0.1, -0.05) is 47.5 Å². The first-order valence-corrected chi connectivity index (χ1v) is 8.24. The maximum atomic E-state index is 11.9. The summed E-state index contributed by atoms with van der Waals surface area (Å²) in [5, 5.41) is 0. The number of hydrogen-bond acceptors (Lipinski definition) is 3. The van der Waals surface area contributed by atoms with Gasteiger partial charge in [0.2, 0.25) is 0 Å². The molecule has 1 aromatic rings. The summed E-state index contributed by atoms with van der Waals surface area (Å²) in [4.78, 5) is 0.574. The van der Waals surface area contributed by atoms with E-state index in [0.717, 1.165) is 12.0 Å². The van der Waals surface area contributed by atoms with Crippen LogP contribution in [0.5, 0.6) is 0 Å². The van der Waals surface area contributed by atoms with Crippen LogP contribution in [0.4, 0.5) is 0 Å². The summed E-state index contributed by atoms with van der Waals surface area (Å²) in [6.45, 7) is 6.14. The first kappa shape index (κ1) is 15.7. The topological polar surface area (TPSA) is 43.4 Å². The van der Waals surface area contributed by atoms with Crippen LogP contribution in [-0.4, -0.2) is 19.9 Å². The maximum absolute atomic E-state index is 11.9. The highest BCUT2D eigenvalue weighted by Crippen LogP contribution is 2.17. The highest BCUT2D eigenvalue weighted by molar-refractivity contribution is 9.09. The van der Waals surface area contributed by atoms with Gasteiger partial charge < -0.3 is 0 Å². The minimum absolute atomic E-state index is 0.194. The van der Waals surface area contributed by atoms with E-state index in [1.54, 1.807) is 24.3 Å². The normalized spacial score (nSPS) is 15.3. The largest absolute Gasteiger partial charge is 0.296 e. The second-order valence-corrected chi connectivity index (χ2v) is 7.85. The van der Waals surface area contributed by atoms with Crippen molar-refractivity contribution in [3.63, 3.8) is 0 Å². The predicted octanol–water partition coefficient (Wildman–Crippen LogP) is 3.51. The Kier molecular flexibility index (Phi) is 5.82. The molecule has 0 N–H and O–H groups in total. The Labute approximate surface area is 118 Å². The van der Waals surface area contributed by atoms with E-state index in [4.69, 9.17) is 4.18 Å². The summed E-state index contributed by atoms with van der Waals surface area (Å²) in [7, 11) is -3.62. The van der Waals surface area contributed by atoms with Crippen molar-refractivity contribution < 1.29 is 12.6 Å². The summed E-state index contributed by atoms with van der Waals surface area (Å²) >= 11 is 3.44. The Bertz CT molecular complexity index is 466. The van der Waals surface area contributed by atoms with Gasteiger partial charge in [-0.3, -0.25) is 4.18 Å². The summed E-state index contributed by atoms with van der Waals surface area (Å²) in [5.41, 5.74) is 1.02. The van der Waals surface area contributed by atoms with Crippen molar-refractivity contribution in [1.82, 2.24) is 0 Å². The molecule has 0 saturated carbocycles. The van der Waals surface area contributed by atoms with Gasteiger partial charge >= 0.3 is 0 Å². The number of halogens is 1. The second kappa shape index (κ2) is 6.68. The van der Waals surface area contributed by atoms with Crippen molar-refractivity contribution >= 4 is 26.0 Å². The molecule has 1 rings (SSSR count). The highest BCUT2D eigenvalue weighted by atomic mass is 79.9. The van der Waals surface area contributed by atoms with Crippen LogP contribution in [0.3, 0.4) is 0 Å². The smallest absolute Gasteiger partial charge is 0.266 e. The lowest BCUT2D eigenvalue weighted by Gasteiger charge is -2.13. The number of hydrogen-bond donors (Lipinski definition) is 0. The van der Waals surface area contributed by atoms with Gasteiger partial charge in [0.15, 0.2) is 0 Å². The zero-order valence-electron chi connectivity index (χ0n) is 10.9. The summed E-state index contributed by atoms with van der Waals surface area (Å²) in [5.74, 6) is 0.194. The van der Waals surface area contributed by atoms with E-state index in [1.165, 1.54) is 0 Å². The quantitative estimate of drug-likeness (QED) is 0.590. The molecule has 0 radical (unpaired) electrons. The summed E-state index contributed by atoms with van der Waals surface area (Å²) in [6, 6.07) is 6.67. The van der Waals surface area contributed by atoms with E-state index >= 15 is 0 Å². The second-order valence-electron chi connectivity index (χ2n) is 4.67. The molecule has 18 heavy (non-hydrogen) atoms. The van der Waals surface area contributed by atoms with Crippen molar-refractivity contribution in [2.75, 3.05) is 6.61 Å². The third kappa shape index (κ3) is 5.08. The molecular weight excluding hydrogens is 316 g/mol. The fraction of sp³-hybridized carbons (Fsp3) is 0.538.